The molecule has 0 fully saturated rings. The lowest BCUT2D eigenvalue weighted by Crippen LogP contribution is -2.61. The van der Waals surface area contributed by atoms with Crippen LogP contribution in [0.2, 0.25) is 0 Å². The lowest BCUT2D eigenvalue weighted by Gasteiger charge is -2.40. The van der Waals surface area contributed by atoms with Crippen LogP contribution in [0, 0.1) is 24.2 Å². The maximum absolute atomic E-state index is 14.1. The average molecular weight is 1200 g/mol. The Morgan fingerprint density at radius 1 is 0.736 bits per heavy atom. The highest BCUT2D eigenvalue weighted by Gasteiger charge is 2.42. The maximum Gasteiger partial charge on any atom is 0.411 e. The normalized spacial score (nSPS) is 13.4. The third kappa shape index (κ3) is 21.0. The molecule has 4 aromatic rings. The molecule has 0 radical (unpaired) electrons. The fourth-order valence-corrected chi connectivity index (χ4v) is 9.90. The zero-order chi connectivity index (χ0) is 64.9. The number of nitrogens with zero attached hydrogens (tertiary/aromatic N) is 2. The van der Waals surface area contributed by atoms with Gasteiger partial charge in [-0.2, -0.15) is 0 Å². The summed E-state index contributed by atoms with van der Waals surface area (Å²) in [5.74, 6) is -4.45. The number of para-hydroxylation sites is 1. The van der Waals surface area contributed by atoms with Crippen molar-refractivity contribution in [1.29, 1.82) is 0 Å². The number of carbonyl (C=O) groups is 9. The Hall–Kier alpha value is -8.85. The second kappa shape index (κ2) is 32.6. The summed E-state index contributed by atoms with van der Waals surface area (Å²) in [6.07, 6.45) is 2.51. The van der Waals surface area contributed by atoms with Gasteiger partial charge in [0, 0.05) is 54.5 Å². The predicted octanol–water partition coefficient (Wildman–Crippen LogP) is 8.32. The number of primary amides is 1. The van der Waals surface area contributed by atoms with E-state index in [1.165, 1.54) is 11.8 Å². The Kier molecular flexibility index (Phi) is 26.5. The first-order valence-corrected chi connectivity index (χ1v) is 29.2. The molecule has 21 heteroatoms. The first-order chi connectivity index (χ1) is 40.9. The number of benzene rings is 4. The van der Waals surface area contributed by atoms with E-state index in [1.807, 2.05) is 104 Å². The summed E-state index contributed by atoms with van der Waals surface area (Å²) in [6.45, 7) is 24.1. The molecule has 21 nitrogen and oxygen atoms in total. The van der Waals surface area contributed by atoms with Crippen LogP contribution in [-0.4, -0.2) is 114 Å². The molecule has 0 aliphatic carbocycles. The topological polar surface area (TPSA) is 300 Å². The Balaban J connectivity index is 1.36. The van der Waals surface area contributed by atoms with E-state index in [4.69, 9.17) is 10.5 Å². The van der Waals surface area contributed by atoms with E-state index in [0.29, 0.717) is 22.6 Å². The minimum absolute atomic E-state index is 0.0849. The number of carboxylic acid groups (broad SMARTS) is 1. The molecule has 10 N–H and O–H groups in total. The van der Waals surface area contributed by atoms with Gasteiger partial charge in [0.05, 0.1) is 18.6 Å². The van der Waals surface area contributed by atoms with E-state index in [2.05, 4.69) is 43.8 Å². The van der Waals surface area contributed by atoms with Crippen LogP contribution in [0.5, 0.6) is 0 Å². The van der Waals surface area contributed by atoms with Crippen LogP contribution in [0.4, 0.5) is 26.7 Å². The third-order valence-corrected chi connectivity index (χ3v) is 15.1. The monoisotopic (exact) mass is 1200 g/mol. The second-order valence-corrected chi connectivity index (χ2v) is 24.0. The Labute approximate surface area is 512 Å². The first kappa shape index (κ1) is 70.6. The molecule has 0 saturated heterocycles. The highest BCUT2D eigenvalue weighted by atomic mass is 16.5. The van der Waals surface area contributed by atoms with Crippen LogP contribution in [0.25, 0.3) is 6.08 Å². The van der Waals surface area contributed by atoms with Crippen LogP contribution in [-0.2, 0) is 56.9 Å². The van der Waals surface area contributed by atoms with E-state index >= 15 is 0 Å². The molecule has 0 spiro atoms. The number of hydrogen-bond acceptors (Lipinski definition) is 11. The average Bonchev–Trinajstić information content (AvgIpc) is 1.84. The van der Waals surface area contributed by atoms with Crippen molar-refractivity contribution in [1.82, 2.24) is 31.5 Å². The lowest BCUT2D eigenvalue weighted by molar-refractivity contribution is -0.141. The maximum atomic E-state index is 14.1. The summed E-state index contributed by atoms with van der Waals surface area (Å²) in [5, 5.41) is 29.2. The minimum Gasteiger partial charge on any atom is -0.478 e. The number of amides is 9. The molecule has 87 heavy (non-hydrogen) atoms. The van der Waals surface area contributed by atoms with Gasteiger partial charge in [0.2, 0.25) is 35.4 Å². The first-order valence-electron chi connectivity index (χ1n) is 29.2. The van der Waals surface area contributed by atoms with Crippen LogP contribution in [0.15, 0.2) is 115 Å². The third-order valence-electron chi connectivity index (χ3n) is 15.1. The van der Waals surface area contributed by atoms with Gasteiger partial charge in [-0.15, -0.1) is 0 Å². The summed E-state index contributed by atoms with van der Waals surface area (Å²) < 4.78 is 5.51. The summed E-state index contributed by atoms with van der Waals surface area (Å²) in [6, 6.07) is 23.2. The summed E-state index contributed by atoms with van der Waals surface area (Å²) >= 11 is 0. The molecule has 0 aliphatic heterocycles. The molecule has 5 atom stereocenters. The van der Waals surface area contributed by atoms with Gasteiger partial charge in [-0.3, -0.25) is 34.1 Å². The van der Waals surface area contributed by atoms with E-state index in [-0.39, 0.29) is 68.7 Å². The van der Waals surface area contributed by atoms with E-state index < -0.39 is 88.7 Å². The summed E-state index contributed by atoms with van der Waals surface area (Å²) in [7, 11) is 3.26. The smallest absolute Gasteiger partial charge is 0.411 e. The van der Waals surface area contributed by atoms with Crippen LogP contribution < -0.4 is 47.9 Å². The molecule has 0 bridgehead atoms. The molecule has 0 heterocycles. The molecular formula is C66H90N10O11. The van der Waals surface area contributed by atoms with E-state index in [1.54, 1.807) is 93.5 Å². The fraction of sp³-hybridized carbons (Fsp3) is 0.439. The molecular weight excluding hydrogens is 1110 g/mol. The molecule has 9 amide bonds. The van der Waals surface area contributed by atoms with Crippen molar-refractivity contribution in [2.45, 2.75) is 151 Å². The Morgan fingerprint density at radius 2 is 1.34 bits per heavy atom. The van der Waals surface area contributed by atoms with Crippen molar-refractivity contribution in [2.24, 2.45) is 23.0 Å². The van der Waals surface area contributed by atoms with Crippen LogP contribution in [0.1, 0.15) is 123 Å². The van der Waals surface area contributed by atoms with Crippen molar-refractivity contribution >= 4 is 76.7 Å². The summed E-state index contributed by atoms with van der Waals surface area (Å²) in [5.41, 5.74) is 9.26. The number of nitrogens with two attached hydrogens (primary N) is 1. The minimum atomic E-state index is -1.12. The van der Waals surface area contributed by atoms with E-state index in [0.717, 1.165) is 22.3 Å². The molecule has 0 saturated carbocycles. The largest absolute Gasteiger partial charge is 0.478 e. The molecule has 0 aromatic heterocycles. The number of likely N-dealkylation sites (N-methyl/N-ethyl adjacent to an activating group) is 2. The zero-order valence-electron chi connectivity index (χ0n) is 52.6. The number of carbonyl (C=O) groups excluding carboxylic acids is 8. The van der Waals surface area contributed by atoms with Crippen molar-refractivity contribution in [2.75, 3.05) is 36.2 Å². The van der Waals surface area contributed by atoms with Gasteiger partial charge in [-0.25, -0.2) is 14.4 Å². The SMILES string of the molecule is C=Cc1ccccc1CN(C(=O)CCC(=O)N[C@H](C(=O)N[C@@H](CCCNC(N)=O)C(=O)Nc1ccc(COC(=O)Nc2ccc(C(C)(C)[C@@H](NC)C(=O)N[C@H](C(=O)N(C)[C@H](/C=C(\C)C(=O)O)C(C)C)C(C)(C)C)cc2)cc1)C(C)C)c1ccccc1C. The number of hydrogen-bond donors (Lipinski definition) is 9. The van der Waals surface area contributed by atoms with Gasteiger partial charge >= 0.3 is 18.1 Å². The predicted molar refractivity (Wildman–Crippen MR) is 339 cm³/mol. The van der Waals surface area contributed by atoms with Gasteiger partial charge in [-0.05, 0) is 109 Å². The van der Waals surface area contributed by atoms with Gasteiger partial charge in [-0.1, -0.05) is 148 Å². The van der Waals surface area contributed by atoms with Crippen molar-refractivity contribution in [3.63, 3.8) is 0 Å². The standard InChI is InChI=1S/C66H90N10O11/c1-15-45-22-17-18-23-46(45)38-76(51-25-19-16-21-42(51)6)54(78)35-34-53(77)73-55(41(4)5)59(80)72-50(24-20-36-69-63(67)85)58(79)70-48-30-26-44(27-31-48)39-87-64(86)71-49-32-28-47(29-33-49)66(11,12)56(68-13)60(81)74-57(65(8,9)10)61(82)75(14)52(40(2)3)37-43(7)62(83)84/h15-19,21-23,25-33,37,40-41,50,52,55-57,68H,1,20,24,34-36,38-39H2,2-14H3,(H,70,79)(H,71,86)(H,72,80)(H,73,77)(H,74,81)(H,83,84)(H3,67,69,85)/b43-37+/t50-,52+,55-,56-,57+/m0/s1. The van der Waals surface area contributed by atoms with Crippen LogP contribution in [0.3, 0.4) is 0 Å². The van der Waals surface area contributed by atoms with Crippen molar-refractivity contribution in [3.05, 3.63) is 143 Å². The van der Waals surface area contributed by atoms with Crippen molar-refractivity contribution < 1.29 is 53.0 Å². The highest BCUT2D eigenvalue weighted by Crippen LogP contribution is 2.31. The molecule has 4 rings (SSSR count). The summed E-state index contributed by atoms with van der Waals surface area (Å²) in [4.78, 5) is 123. The number of carboxylic acids is 1. The van der Waals surface area contributed by atoms with Gasteiger partial charge in [0.25, 0.3) is 0 Å². The molecule has 4 aromatic carbocycles. The fourth-order valence-electron chi connectivity index (χ4n) is 9.90. The van der Waals surface area contributed by atoms with Crippen LogP contribution >= 0.6 is 0 Å². The number of ether oxygens (including phenoxy) is 1. The van der Waals surface area contributed by atoms with Gasteiger partial charge in [0.15, 0.2) is 0 Å². The highest BCUT2D eigenvalue weighted by molar-refractivity contribution is 6.00. The quantitative estimate of drug-likeness (QED) is 0.0176. The number of urea groups is 1. The number of aliphatic carboxylic acids is 1. The number of anilines is 3. The molecule has 0 aliphatic rings. The second-order valence-electron chi connectivity index (χ2n) is 24.0. The molecule has 470 valence electrons. The van der Waals surface area contributed by atoms with Crippen molar-refractivity contribution in [3.8, 4) is 0 Å². The number of aryl methyl sites for hydroxylation is 1. The van der Waals surface area contributed by atoms with E-state index in [9.17, 15) is 48.3 Å². The van der Waals surface area contributed by atoms with Gasteiger partial charge in [0.1, 0.15) is 24.7 Å². The lowest BCUT2D eigenvalue weighted by atomic mass is 9.76. The number of nitrogens with one attached hydrogen (secondary N) is 7. The zero-order valence-corrected chi connectivity index (χ0v) is 52.6. The van der Waals surface area contributed by atoms with Gasteiger partial charge < -0.3 is 57.3 Å². The Morgan fingerprint density at radius 3 is 1.92 bits per heavy atom. The number of rotatable bonds is 30. The molecule has 0 unspecified atom stereocenters. The Bertz CT molecular complexity index is 3100.